The molecule has 8 heavy (non-hydrogen) atoms. The third kappa shape index (κ3) is 3.81. The molecule has 0 aromatic heterocycles. The number of carbonyl (C=O) groups excluding carboxylic acids is 1. The van der Waals surface area contributed by atoms with Gasteiger partial charge >= 0.3 is 0 Å². The van der Waals surface area contributed by atoms with Crippen molar-refractivity contribution in [3.05, 3.63) is 0 Å². The minimum absolute atomic E-state index is 0.161. The van der Waals surface area contributed by atoms with Crippen molar-refractivity contribution < 1.29 is 9.90 Å². The van der Waals surface area contributed by atoms with E-state index in [-0.39, 0.29) is 6.42 Å². The van der Waals surface area contributed by atoms with Gasteiger partial charge in [-0.3, -0.25) is 4.79 Å². The molecule has 1 radical (unpaired) electrons. The van der Waals surface area contributed by atoms with E-state index in [1.54, 1.807) is 6.29 Å². The molecular weight excluding hydrogens is 104 g/mol. The Morgan fingerprint density at radius 2 is 2.38 bits per heavy atom. The minimum atomic E-state index is -0.461. The first-order chi connectivity index (χ1) is 3.81. The van der Waals surface area contributed by atoms with Gasteiger partial charge in [-0.05, 0) is 6.42 Å². The average molecular weight is 115 g/mol. The zero-order valence-electron chi connectivity index (χ0n) is 5.05. The van der Waals surface area contributed by atoms with Crippen molar-refractivity contribution in [2.45, 2.75) is 32.3 Å². The zero-order valence-corrected chi connectivity index (χ0v) is 5.05. The first kappa shape index (κ1) is 7.63. The van der Waals surface area contributed by atoms with E-state index in [4.69, 9.17) is 5.11 Å². The van der Waals surface area contributed by atoms with Crippen LogP contribution in [0, 0.1) is 0 Å². The number of hydrogen-bond acceptors (Lipinski definition) is 2. The molecule has 1 atom stereocenters. The molecule has 0 aliphatic rings. The van der Waals surface area contributed by atoms with E-state index in [1.807, 2.05) is 6.92 Å². The maximum absolute atomic E-state index is 9.61. The lowest BCUT2D eigenvalue weighted by molar-refractivity contribution is 0.170. The molecule has 0 aliphatic heterocycles. The van der Waals surface area contributed by atoms with Crippen LogP contribution in [0.15, 0.2) is 0 Å². The molecule has 0 aromatic carbocycles. The largest absolute Gasteiger partial charge is 0.393 e. The van der Waals surface area contributed by atoms with Crippen molar-refractivity contribution in [1.29, 1.82) is 0 Å². The van der Waals surface area contributed by atoms with E-state index < -0.39 is 6.10 Å². The third-order valence-electron chi connectivity index (χ3n) is 0.941. The summed E-state index contributed by atoms with van der Waals surface area (Å²) < 4.78 is 0. The van der Waals surface area contributed by atoms with Gasteiger partial charge in [-0.2, -0.15) is 0 Å². The first-order valence-electron chi connectivity index (χ1n) is 2.84. The fourth-order valence-corrected chi connectivity index (χ4v) is 0.531. The molecule has 0 rings (SSSR count). The number of hydrogen-bond donors (Lipinski definition) is 1. The van der Waals surface area contributed by atoms with Gasteiger partial charge in [-0.1, -0.05) is 13.3 Å². The lowest BCUT2D eigenvalue weighted by atomic mass is 10.2. The van der Waals surface area contributed by atoms with E-state index in [9.17, 15) is 4.79 Å². The van der Waals surface area contributed by atoms with Gasteiger partial charge in [0.1, 0.15) is 0 Å². The molecule has 0 amide bonds. The van der Waals surface area contributed by atoms with Crippen LogP contribution in [-0.4, -0.2) is 17.5 Å². The summed E-state index contributed by atoms with van der Waals surface area (Å²) in [5.41, 5.74) is 0. The van der Waals surface area contributed by atoms with Crippen molar-refractivity contribution in [2.24, 2.45) is 0 Å². The molecule has 0 fully saturated rings. The highest BCUT2D eigenvalue weighted by atomic mass is 16.3. The predicted octanol–water partition coefficient (Wildman–Crippen LogP) is 0.647. The van der Waals surface area contributed by atoms with Gasteiger partial charge in [0.2, 0.25) is 6.29 Å². The van der Waals surface area contributed by atoms with Gasteiger partial charge in [0.15, 0.2) is 0 Å². The highest BCUT2D eigenvalue weighted by Gasteiger charge is 1.99. The quantitative estimate of drug-likeness (QED) is 0.584. The summed E-state index contributed by atoms with van der Waals surface area (Å²) >= 11 is 0. The SMILES string of the molecule is CCC[C@H](O)C[C]=O. The van der Waals surface area contributed by atoms with Gasteiger partial charge in [-0.25, -0.2) is 0 Å². The highest BCUT2D eigenvalue weighted by Crippen LogP contribution is 1.97. The van der Waals surface area contributed by atoms with Crippen LogP contribution in [0.25, 0.3) is 0 Å². The number of aliphatic hydroxyl groups is 1. The second kappa shape index (κ2) is 4.78. The van der Waals surface area contributed by atoms with Crippen LogP contribution in [0.5, 0.6) is 0 Å². The molecule has 0 bridgehead atoms. The summed E-state index contributed by atoms with van der Waals surface area (Å²) in [5.74, 6) is 0. The van der Waals surface area contributed by atoms with Crippen LogP contribution in [0.4, 0.5) is 0 Å². The summed E-state index contributed by atoms with van der Waals surface area (Å²) in [6.07, 6.45) is 2.98. The standard InChI is InChI=1S/C6H11O2/c1-2-3-6(8)4-5-7/h6,8H,2-4H2,1H3/t6-/m0/s1. The van der Waals surface area contributed by atoms with Crippen LogP contribution in [0.3, 0.4) is 0 Å². The predicted molar refractivity (Wildman–Crippen MR) is 31.2 cm³/mol. The van der Waals surface area contributed by atoms with E-state index in [0.717, 1.165) is 6.42 Å². The summed E-state index contributed by atoms with van der Waals surface area (Å²) in [6, 6.07) is 0. The molecule has 1 N–H and O–H groups in total. The fourth-order valence-electron chi connectivity index (χ4n) is 0.531. The smallest absolute Gasteiger partial charge is 0.201 e. The summed E-state index contributed by atoms with van der Waals surface area (Å²) in [4.78, 5) is 9.61. The summed E-state index contributed by atoms with van der Waals surface area (Å²) in [6.45, 7) is 1.97. The summed E-state index contributed by atoms with van der Waals surface area (Å²) in [5, 5.41) is 8.79. The van der Waals surface area contributed by atoms with E-state index >= 15 is 0 Å². The monoisotopic (exact) mass is 115 g/mol. The Morgan fingerprint density at radius 3 is 2.75 bits per heavy atom. The first-order valence-corrected chi connectivity index (χ1v) is 2.84. The zero-order chi connectivity index (χ0) is 6.41. The molecule has 2 heteroatoms. The maximum atomic E-state index is 9.61. The second-order valence-electron chi connectivity index (χ2n) is 1.79. The van der Waals surface area contributed by atoms with Crippen molar-refractivity contribution >= 4 is 6.29 Å². The van der Waals surface area contributed by atoms with Crippen molar-refractivity contribution in [1.82, 2.24) is 0 Å². The Labute approximate surface area is 49.5 Å². The molecule has 0 spiro atoms. The Morgan fingerprint density at radius 1 is 1.75 bits per heavy atom. The number of rotatable bonds is 4. The van der Waals surface area contributed by atoms with Gasteiger partial charge in [0.25, 0.3) is 0 Å². The minimum Gasteiger partial charge on any atom is -0.393 e. The van der Waals surface area contributed by atoms with Crippen molar-refractivity contribution in [3.8, 4) is 0 Å². The Kier molecular flexibility index (Phi) is 4.56. The highest BCUT2D eigenvalue weighted by molar-refractivity contribution is 5.50. The second-order valence-corrected chi connectivity index (χ2v) is 1.79. The molecule has 0 heterocycles. The normalized spacial score (nSPS) is 13.2. The van der Waals surface area contributed by atoms with E-state index in [2.05, 4.69) is 0 Å². The molecule has 0 saturated heterocycles. The van der Waals surface area contributed by atoms with Gasteiger partial charge in [0, 0.05) is 6.42 Å². The van der Waals surface area contributed by atoms with E-state index in [1.165, 1.54) is 0 Å². The third-order valence-corrected chi connectivity index (χ3v) is 0.941. The van der Waals surface area contributed by atoms with Crippen LogP contribution < -0.4 is 0 Å². The molecule has 47 valence electrons. The molecule has 0 unspecified atom stereocenters. The van der Waals surface area contributed by atoms with Crippen LogP contribution in [0.1, 0.15) is 26.2 Å². The Bertz CT molecular complexity index is 61.5. The lowest BCUT2D eigenvalue weighted by Gasteiger charge is -2.00. The van der Waals surface area contributed by atoms with Crippen LogP contribution in [0.2, 0.25) is 0 Å². The van der Waals surface area contributed by atoms with Gasteiger partial charge in [-0.15, -0.1) is 0 Å². The maximum Gasteiger partial charge on any atom is 0.201 e. The Balaban J connectivity index is 3.03. The molecule has 0 saturated carbocycles. The average Bonchev–Trinajstić information content (AvgIpc) is 1.68. The van der Waals surface area contributed by atoms with Gasteiger partial charge in [0.05, 0.1) is 6.10 Å². The van der Waals surface area contributed by atoms with Crippen molar-refractivity contribution in [3.63, 3.8) is 0 Å². The van der Waals surface area contributed by atoms with Crippen LogP contribution in [-0.2, 0) is 4.79 Å². The fraction of sp³-hybridized carbons (Fsp3) is 0.833. The molecule has 0 aliphatic carbocycles. The van der Waals surface area contributed by atoms with Crippen LogP contribution >= 0.6 is 0 Å². The molecule has 0 aromatic rings. The lowest BCUT2D eigenvalue weighted by Crippen LogP contribution is -2.05. The van der Waals surface area contributed by atoms with E-state index in [0.29, 0.717) is 6.42 Å². The summed E-state index contributed by atoms with van der Waals surface area (Å²) in [7, 11) is 0. The van der Waals surface area contributed by atoms with Crippen molar-refractivity contribution in [2.75, 3.05) is 0 Å². The topological polar surface area (TPSA) is 37.3 Å². The van der Waals surface area contributed by atoms with Gasteiger partial charge < -0.3 is 5.11 Å². The number of aliphatic hydroxyl groups excluding tert-OH is 1. The molecular formula is C6H11O2. The molecule has 2 nitrogen and oxygen atoms in total. The Hall–Kier alpha value is -0.370.